The predicted molar refractivity (Wildman–Crippen MR) is 70.2 cm³/mol. The van der Waals surface area contributed by atoms with Gasteiger partial charge in [0.1, 0.15) is 6.10 Å². The Bertz CT molecular complexity index is 219. The fourth-order valence-electron chi connectivity index (χ4n) is 1.70. The minimum Gasteiger partial charge on any atom is -0.364 e. The molecule has 0 saturated carbocycles. The summed E-state index contributed by atoms with van der Waals surface area (Å²) in [4.78, 5) is 11.7. The Morgan fingerprint density at radius 2 is 2.31 bits per heavy atom. The van der Waals surface area contributed by atoms with Gasteiger partial charge in [-0.15, -0.1) is 12.4 Å². The molecule has 1 fully saturated rings. The van der Waals surface area contributed by atoms with Crippen molar-refractivity contribution >= 4 is 30.1 Å². The minimum absolute atomic E-state index is 0. The van der Waals surface area contributed by atoms with E-state index in [1.165, 1.54) is 0 Å². The molecule has 1 aliphatic heterocycles. The molecule has 0 aromatic carbocycles. The van der Waals surface area contributed by atoms with Crippen molar-refractivity contribution in [3.8, 4) is 0 Å². The van der Waals surface area contributed by atoms with Crippen molar-refractivity contribution in [3.63, 3.8) is 0 Å². The van der Waals surface area contributed by atoms with Crippen LogP contribution in [0.4, 0.5) is 0 Å². The second-order valence-corrected chi connectivity index (χ2v) is 4.84. The summed E-state index contributed by atoms with van der Waals surface area (Å²) in [6.07, 6.45) is 3.49. The molecule has 0 aromatic heterocycles. The van der Waals surface area contributed by atoms with Gasteiger partial charge in [-0.05, 0) is 26.0 Å². The quantitative estimate of drug-likeness (QED) is 0.774. The number of hydrogen-bond donors (Lipinski definition) is 2. The molecule has 1 saturated heterocycles. The highest BCUT2D eigenvalue weighted by Gasteiger charge is 2.30. The Morgan fingerprint density at radius 3 is 2.81 bits per heavy atom. The lowest BCUT2D eigenvalue weighted by molar-refractivity contribution is -0.132. The molecule has 16 heavy (non-hydrogen) atoms. The molecule has 0 radical (unpaired) electrons. The highest BCUT2D eigenvalue weighted by Crippen LogP contribution is 2.18. The first-order valence-corrected chi connectivity index (χ1v) is 6.71. The van der Waals surface area contributed by atoms with E-state index < -0.39 is 0 Å². The largest absolute Gasteiger partial charge is 0.364 e. The molecule has 3 N–H and O–H groups in total. The molecular weight excluding hydrogens is 248 g/mol. The summed E-state index contributed by atoms with van der Waals surface area (Å²) in [6, 6.07) is 0.202. The van der Waals surface area contributed by atoms with Crippen LogP contribution in [0.25, 0.3) is 0 Å². The van der Waals surface area contributed by atoms with E-state index in [9.17, 15) is 4.79 Å². The van der Waals surface area contributed by atoms with Gasteiger partial charge in [0.2, 0.25) is 5.91 Å². The smallest absolute Gasteiger partial charge is 0.249 e. The fraction of sp³-hybridized carbons (Fsp3) is 0.900. The van der Waals surface area contributed by atoms with Crippen molar-refractivity contribution in [1.82, 2.24) is 5.32 Å². The van der Waals surface area contributed by atoms with Crippen LogP contribution in [0.3, 0.4) is 0 Å². The monoisotopic (exact) mass is 268 g/mol. The Kier molecular flexibility index (Phi) is 8.18. The number of halogens is 1. The summed E-state index contributed by atoms with van der Waals surface area (Å²) in [6.45, 7) is 2.51. The second kappa shape index (κ2) is 8.17. The highest BCUT2D eigenvalue weighted by atomic mass is 35.5. The van der Waals surface area contributed by atoms with Gasteiger partial charge in [0.05, 0.1) is 6.10 Å². The lowest BCUT2D eigenvalue weighted by Gasteiger charge is -2.16. The average molecular weight is 269 g/mol. The molecule has 1 amide bonds. The zero-order valence-corrected chi connectivity index (χ0v) is 11.4. The predicted octanol–water partition coefficient (Wildman–Crippen LogP) is 0.782. The van der Waals surface area contributed by atoms with Crippen molar-refractivity contribution in [3.05, 3.63) is 0 Å². The first-order chi connectivity index (χ1) is 7.17. The van der Waals surface area contributed by atoms with Crippen LogP contribution in [0, 0.1) is 0 Å². The SMILES string of the molecule is CSCC(C)NC(=O)[C@@H]1CC[C@H](CN)O1.Cl. The van der Waals surface area contributed by atoms with E-state index in [4.69, 9.17) is 10.5 Å². The number of carbonyl (C=O) groups is 1. The van der Waals surface area contributed by atoms with Crippen molar-refractivity contribution in [2.24, 2.45) is 5.73 Å². The normalized spacial score (nSPS) is 25.9. The van der Waals surface area contributed by atoms with E-state index in [1.807, 2.05) is 13.2 Å². The third kappa shape index (κ3) is 4.91. The topological polar surface area (TPSA) is 64.4 Å². The third-order valence-corrected chi connectivity index (χ3v) is 3.30. The van der Waals surface area contributed by atoms with Crippen LogP contribution in [0.2, 0.25) is 0 Å². The number of carbonyl (C=O) groups excluding carboxylic acids is 1. The first-order valence-electron chi connectivity index (χ1n) is 5.32. The van der Waals surface area contributed by atoms with Gasteiger partial charge in [0.15, 0.2) is 0 Å². The zero-order valence-electron chi connectivity index (χ0n) is 9.77. The molecule has 1 unspecified atom stereocenters. The molecule has 96 valence electrons. The maximum absolute atomic E-state index is 11.7. The molecule has 1 rings (SSSR count). The molecule has 1 aliphatic rings. The maximum Gasteiger partial charge on any atom is 0.249 e. The van der Waals surface area contributed by atoms with Crippen LogP contribution in [0.5, 0.6) is 0 Å². The minimum atomic E-state index is -0.289. The lowest BCUT2D eigenvalue weighted by Crippen LogP contribution is -2.41. The molecule has 0 spiro atoms. The van der Waals surface area contributed by atoms with Gasteiger partial charge >= 0.3 is 0 Å². The summed E-state index contributed by atoms with van der Waals surface area (Å²) in [7, 11) is 0. The Labute approximate surface area is 107 Å². The standard InChI is InChI=1S/C10H20N2O2S.ClH/c1-7(6-15-2)12-10(13)9-4-3-8(5-11)14-9;/h7-9H,3-6,11H2,1-2H3,(H,12,13);1H/t7?,8-,9+;/m1./s1. The number of amides is 1. The molecule has 3 atom stereocenters. The molecule has 0 bridgehead atoms. The van der Waals surface area contributed by atoms with E-state index in [2.05, 4.69) is 5.32 Å². The van der Waals surface area contributed by atoms with Gasteiger partial charge in [-0.1, -0.05) is 0 Å². The summed E-state index contributed by atoms with van der Waals surface area (Å²) in [5, 5.41) is 2.94. The third-order valence-electron chi connectivity index (χ3n) is 2.47. The maximum atomic E-state index is 11.7. The van der Waals surface area contributed by atoms with E-state index in [-0.39, 0.29) is 36.6 Å². The van der Waals surface area contributed by atoms with Gasteiger partial charge in [-0.2, -0.15) is 11.8 Å². The van der Waals surface area contributed by atoms with Crippen LogP contribution in [-0.4, -0.2) is 42.7 Å². The van der Waals surface area contributed by atoms with Crippen molar-refractivity contribution in [2.45, 2.75) is 38.0 Å². The van der Waals surface area contributed by atoms with Gasteiger partial charge < -0.3 is 15.8 Å². The van der Waals surface area contributed by atoms with Gasteiger partial charge in [0, 0.05) is 18.3 Å². The molecule has 4 nitrogen and oxygen atoms in total. The fourth-order valence-corrected chi connectivity index (χ4v) is 2.28. The van der Waals surface area contributed by atoms with Crippen LogP contribution in [-0.2, 0) is 9.53 Å². The summed E-state index contributed by atoms with van der Waals surface area (Å²) < 4.78 is 5.51. The van der Waals surface area contributed by atoms with Crippen LogP contribution in [0.1, 0.15) is 19.8 Å². The second-order valence-electron chi connectivity index (χ2n) is 3.92. The molecule has 1 heterocycles. The van der Waals surface area contributed by atoms with Crippen LogP contribution in [0.15, 0.2) is 0 Å². The Hall–Kier alpha value is 0.0300. The van der Waals surface area contributed by atoms with E-state index >= 15 is 0 Å². The number of thioether (sulfide) groups is 1. The van der Waals surface area contributed by atoms with E-state index in [0.717, 1.165) is 18.6 Å². The van der Waals surface area contributed by atoms with E-state index in [0.29, 0.717) is 6.54 Å². The molecular formula is C10H21ClN2O2S. The molecule has 0 aromatic rings. The van der Waals surface area contributed by atoms with Crippen LogP contribution < -0.4 is 11.1 Å². The van der Waals surface area contributed by atoms with Crippen molar-refractivity contribution < 1.29 is 9.53 Å². The number of nitrogens with two attached hydrogens (primary N) is 1. The van der Waals surface area contributed by atoms with Gasteiger partial charge in [-0.25, -0.2) is 0 Å². The van der Waals surface area contributed by atoms with E-state index in [1.54, 1.807) is 11.8 Å². The highest BCUT2D eigenvalue weighted by molar-refractivity contribution is 7.98. The number of ether oxygens (including phenoxy) is 1. The summed E-state index contributed by atoms with van der Waals surface area (Å²) in [5.41, 5.74) is 5.49. The summed E-state index contributed by atoms with van der Waals surface area (Å²) >= 11 is 1.72. The van der Waals surface area contributed by atoms with Gasteiger partial charge in [-0.3, -0.25) is 4.79 Å². The van der Waals surface area contributed by atoms with Crippen molar-refractivity contribution in [2.75, 3.05) is 18.6 Å². The Balaban J connectivity index is 0.00000225. The Morgan fingerprint density at radius 1 is 1.62 bits per heavy atom. The lowest BCUT2D eigenvalue weighted by atomic mass is 10.2. The average Bonchev–Trinajstić information content (AvgIpc) is 2.66. The molecule has 6 heteroatoms. The van der Waals surface area contributed by atoms with Crippen LogP contribution >= 0.6 is 24.2 Å². The number of hydrogen-bond acceptors (Lipinski definition) is 4. The van der Waals surface area contributed by atoms with Crippen molar-refractivity contribution in [1.29, 1.82) is 0 Å². The number of nitrogens with one attached hydrogen (secondary N) is 1. The summed E-state index contributed by atoms with van der Waals surface area (Å²) in [5.74, 6) is 0.936. The zero-order chi connectivity index (χ0) is 11.3. The van der Waals surface area contributed by atoms with Gasteiger partial charge in [0.25, 0.3) is 0 Å². The first kappa shape index (κ1) is 16.0. The molecule has 0 aliphatic carbocycles. The number of rotatable bonds is 5.